The fourth-order valence-corrected chi connectivity index (χ4v) is 2.44. The molecule has 20 heavy (non-hydrogen) atoms. The van der Waals surface area contributed by atoms with Gasteiger partial charge in [0.1, 0.15) is 5.82 Å². The summed E-state index contributed by atoms with van der Waals surface area (Å²) in [6.45, 7) is 5.22. The molecule has 2 atom stereocenters. The van der Waals surface area contributed by atoms with E-state index in [2.05, 4.69) is 5.32 Å². The van der Waals surface area contributed by atoms with E-state index in [4.69, 9.17) is 17.0 Å². The Morgan fingerprint density at radius 3 is 2.40 bits per heavy atom. The molecule has 0 radical (unpaired) electrons. The van der Waals surface area contributed by atoms with Gasteiger partial charge < -0.3 is 9.64 Å². The van der Waals surface area contributed by atoms with Crippen molar-refractivity contribution in [3.8, 4) is 0 Å². The quantitative estimate of drug-likeness (QED) is 0.804. The van der Waals surface area contributed by atoms with Gasteiger partial charge in [-0.15, -0.1) is 0 Å². The van der Waals surface area contributed by atoms with E-state index < -0.39 is 0 Å². The summed E-state index contributed by atoms with van der Waals surface area (Å²) in [5.41, 5.74) is 0.378. The number of carbonyl (C=O) groups excluding carboxylic acids is 1. The number of nitrogens with one attached hydrogen (secondary N) is 1. The Balaban J connectivity index is 1.97. The molecule has 1 heterocycles. The zero-order chi connectivity index (χ0) is 14.7. The van der Waals surface area contributed by atoms with Gasteiger partial charge in [0.25, 0.3) is 5.91 Å². The Kier molecular flexibility index (Phi) is 4.67. The van der Waals surface area contributed by atoms with Crippen LogP contribution in [0.3, 0.4) is 0 Å². The molecule has 0 spiro atoms. The smallest absolute Gasteiger partial charge is 0.257 e. The van der Waals surface area contributed by atoms with Gasteiger partial charge in [-0.25, -0.2) is 4.39 Å². The number of ether oxygens (including phenoxy) is 1. The summed E-state index contributed by atoms with van der Waals surface area (Å²) in [6, 6.07) is 5.35. The maximum atomic E-state index is 12.8. The van der Waals surface area contributed by atoms with Crippen molar-refractivity contribution in [2.45, 2.75) is 26.1 Å². The molecule has 4 nitrogen and oxygen atoms in total. The van der Waals surface area contributed by atoms with Gasteiger partial charge in [0.05, 0.1) is 12.2 Å². The van der Waals surface area contributed by atoms with Crippen LogP contribution in [0.2, 0.25) is 0 Å². The maximum absolute atomic E-state index is 12.8. The summed E-state index contributed by atoms with van der Waals surface area (Å²) >= 11 is 5.25. The van der Waals surface area contributed by atoms with Crippen LogP contribution in [0.25, 0.3) is 0 Å². The fraction of sp³-hybridized carbons (Fsp3) is 0.429. The third kappa shape index (κ3) is 3.74. The minimum atomic E-state index is -0.375. The predicted molar refractivity (Wildman–Crippen MR) is 78.0 cm³/mol. The molecule has 0 saturated carbocycles. The normalized spacial score (nSPS) is 22.4. The number of hydrogen-bond donors (Lipinski definition) is 1. The molecule has 0 aliphatic carbocycles. The van der Waals surface area contributed by atoms with Crippen molar-refractivity contribution in [1.29, 1.82) is 0 Å². The van der Waals surface area contributed by atoms with Crippen molar-refractivity contribution in [3.05, 3.63) is 35.6 Å². The number of morpholine rings is 1. The predicted octanol–water partition coefficient (Wildman–Crippen LogP) is 1.95. The molecule has 1 aliphatic heterocycles. The van der Waals surface area contributed by atoms with Crippen molar-refractivity contribution in [2.75, 3.05) is 13.1 Å². The van der Waals surface area contributed by atoms with E-state index in [1.807, 2.05) is 18.7 Å². The first-order chi connectivity index (χ1) is 9.45. The van der Waals surface area contributed by atoms with Crippen molar-refractivity contribution in [3.63, 3.8) is 0 Å². The molecule has 0 aromatic heterocycles. The van der Waals surface area contributed by atoms with Crippen molar-refractivity contribution >= 4 is 23.2 Å². The molecule has 1 aliphatic rings. The number of carbonyl (C=O) groups is 1. The Morgan fingerprint density at radius 2 is 1.85 bits per heavy atom. The number of rotatable bonds is 1. The van der Waals surface area contributed by atoms with Crippen LogP contribution in [0.4, 0.5) is 4.39 Å². The summed E-state index contributed by atoms with van der Waals surface area (Å²) in [7, 11) is 0. The van der Waals surface area contributed by atoms with Gasteiger partial charge in [-0.1, -0.05) is 0 Å². The number of hydrogen-bond acceptors (Lipinski definition) is 3. The van der Waals surface area contributed by atoms with E-state index in [0.717, 1.165) is 0 Å². The first kappa shape index (κ1) is 14.9. The number of benzene rings is 1. The highest BCUT2D eigenvalue weighted by Gasteiger charge is 2.24. The monoisotopic (exact) mass is 296 g/mol. The molecule has 1 saturated heterocycles. The average Bonchev–Trinajstić information content (AvgIpc) is 2.38. The van der Waals surface area contributed by atoms with Crippen molar-refractivity contribution in [1.82, 2.24) is 10.2 Å². The van der Waals surface area contributed by atoms with E-state index in [1.165, 1.54) is 24.3 Å². The van der Waals surface area contributed by atoms with Crippen LogP contribution in [0.15, 0.2) is 24.3 Å². The highest BCUT2D eigenvalue weighted by molar-refractivity contribution is 7.80. The maximum Gasteiger partial charge on any atom is 0.257 e. The standard InChI is InChI=1S/C14H17FN2O2S/c1-9-7-17(8-10(2)19-9)14(20)16-13(18)11-3-5-12(15)6-4-11/h3-6,9-10H,7-8H2,1-2H3,(H,16,18,20)/t9-,10-/m1/s1. The summed E-state index contributed by atoms with van der Waals surface area (Å²) in [4.78, 5) is 13.9. The van der Waals surface area contributed by atoms with Crippen LogP contribution in [0.5, 0.6) is 0 Å². The van der Waals surface area contributed by atoms with Gasteiger partial charge in [-0.2, -0.15) is 0 Å². The average molecular weight is 296 g/mol. The third-order valence-corrected chi connectivity index (χ3v) is 3.39. The molecule has 0 bridgehead atoms. The number of nitrogens with zero attached hydrogens (tertiary/aromatic N) is 1. The molecular weight excluding hydrogens is 279 g/mol. The fourth-order valence-electron chi connectivity index (χ4n) is 2.19. The zero-order valence-electron chi connectivity index (χ0n) is 11.4. The summed E-state index contributed by atoms with van der Waals surface area (Å²) in [5, 5.41) is 3.04. The molecule has 1 aromatic carbocycles. The molecule has 1 fully saturated rings. The topological polar surface area (TPSA) is 41.6 Å². The highest BCUT2D eigenvalue weighted by atomic mass is 32.1. The molecular formula is C14H17FN2O2S. The lowest BCUT2D eigenvalue weighted by Gasteiger charge is -2.36. The van der Waals surface area contributed by atoms with Crippen LogP contribution in [0.1, 0.15) is 24.2 Å². The molecule has 1 N–H and O–H groups in total. The SMILES string of the molecule is C[C@@H]1CN(C(=S)NC(=O)c2ccc(F)cc2)C[C@@H](C)O1. The van der Waals surface area contributed by atoms with Gasteiger partial charge in [-0.3, -0.25) is 10.1 Å². The molecule has 1 amide bonds. The van der Waals surface area contributed by atoms with E-state index in [1.54, 1.807) is 0 Å². The summed E-state index contributed by atoms with van der Waals surface area (Å²) in [6.07, 6.45) is 0.138. The Labute approximate surface area is 122 Å². The Hall–Kier alpha value is -1.53. The second kappa shape index (κ2) is 6.28. The van der Waals surface area contributed by atoms with Crippen molar-refractivity contribution in [2.24, 2.45) is 0 Å². The Morgan fingerprint density at radius 1 is 1.30 bits per heavy atom. The first-order valence-electron chi connectivity index (χ1n) is 6.47. The third-order valence-electron chi connectivity index (χ3n) is 3.03. The van der Waals surface area contributed by atoms with E-state index >= 15 is 0 Å². The Bertz CT molecular complexity index is 496. The lowest BCUT2D eigenvalue weighted by atomic mass is 10.2. The van der Waals surface area contributed by atoms with E-state index in [-0.39, 0.29) is 23.9 Å². The van der Waals surface area contributed by atoms with Crippen LogP contribution in [0, 0.1) is 5.82 Å². The van der Waals surface area contributed by atoms with Crippen LogP contribution < -0.4 is 5.32 Å². The number of halogens is 1. The number of amides is 1. The molecule has 0 unspecified atom stereocenters. The van der Waals surface area contributed by atoms with E-state index in [0.29, 0.717) is 23.8 Å². The van der Waals surface area contributed by atoms with Crippen LogP contribution >= 0.6 is 12.2 Å². The van der Waals surface area contributed by atoms with Crippen LogP contribution in [-0.2, 0) is 4.74 Å². The van der Waals surface area contributed by atoms with Gasteiger partial charge in [0, 0.05) is 18.7 Å². The van der Waals surface area contributed by atoms with Crippen molar-refractivity contribution < 1.29 is 13.9 Å². The molecule has 1 aromatic rings. The number of thiocarbonyl (C=S) groups is 1. The van der Waals surface area contributed by atoms with Gasteiger partial charge in [0.15, 0.2) is 5.11 Å². The second-order valence-electron chi connectivity index (χ2n) is 4.93. The van der Waals surface area contributed by atoms with Gasteiger partial charge >= 0.3 is 0 Å². The first-order valence-corrected chi connectivity index (χ1v) is 6.88. The summed E-state index contributed by atoms with van der Waals surface area (Å²) < 4.78 is 18.4. The lowest BCUT2D eigenvalue weighted by molar-refractivity contribution is -0.0481. The minimum Gasteiger partial charge on any atom is -0.372 e. The zero-order valence-corrected chi connectivity index (χ0v) is 12.2. The lowest BCUT2D eigenvalue weighted by Crippen LogP contribution is -2.52. The summed E-state index contributed by atoms with van der Waals surface area (Å²) in [5.74, 6) is -0.707. The van der Waals surface area contributed by atoms with Gasteiger partial charge in [0.2, 0.25) is 0 Å². The molecule has 2 rings (SSSR count). The second-order valence-corrected chi connectivity index (χ2v) is 5.32. The van der Waals surface area contributed by atoms with E-state index in [9.17, 15) is 9.18 Å². The van der Waals surface area contributed by atoms with Gasteiger partial charge in [-0.05, 0) is 50.3 Å². The molecule has 6 heteroatoms. The van der Waals surface area contributed by atoms with Crippen LogP contribution in [-0.4, -0.2) is 41.2 Å². The molecule has 108 valence electrons. The highest BCUT2D eigenvalue weighted by Crippen LogP contribution is 2.11. The minimum absolute atomic E-state index is 0.0689. The largest absolute Gasteiger partial charge is 0.372 e.